The van der Waals surface area contributed by atoms with Crippen molar-refractivity contribution in [3.05, 3.63) is 40.9 Å². The van der Waals surface area contributed by atoms with Crippen molar-refractivity contribution in [2.45, 2.75) is 6.42 Å². The lowest BCUT2D eigenvalue weighted by Crippen LogP contribution is -2.26. The van der Waals surface area contributed by atoms with Gasteiger partial charge in [0.2, 0.25) is 5.91 Å². The molecular formula is C11H10BrNO. The summed E-state index contributed by atoms with van der Waals surface area (Å²) in [6, 6.07) is 6.03. The van der Waals surface area contributed by atoms with Crippen LogP contribution < -0.4 is 4.90 Å². The van der Waals surface area contributed by atoms with Crippen LogP contribution in [0, 0.1) is 0 Å². The molecule has 1 aromatic rings. The summed E-state index contributed by atoms with van der Waals surface area (Å²) in [5, 5.41) is 0. The molecule has 1 aromatic carbocycles. The Bertz CT molecular complexity index is 400. The highest BCUT2D eigenvalue weighted by atomic mass is 79.9. The molecule has 1 aliphatic rings. The Balaban J connectivity index is 2.42. The predicted molar refractivity (Wildman–Crippen MR) is 60.4 cm³/mol. The maximum atomic E-state index is 11.5. The van der Waals surface area contributed by atoms with E-state index in [2.05, 4.69) is 28.6 Å². The van der Waals surface area contributed by atoms with Gasteiger partial charge in [0.05, 0.1) is 0 Å². The van der Waals surface area contributed by atoms with Crippen LogP contribution in [0.4, 0.5) is 5.69 Å². The number of hydrogen-bond acceptors (Lipinski definition) is 1. The van der Waals surface area contributed by atoms with E-state index in [4.69, 9.17) is 0 Å². The molecule has 1 aliphatic heterocycles. The molecule has 72 valence electrons. The van der Waals surface area contributed by atoms with Crippen LogP contribution in [0.15, 0.2) is 35.3 Å². The summed E-state index contributed by atoms with van der Waals surface area (Å²) in [7, 11) is 0. The van der Waals surface area contributed by atoms with Crippen molar-refractivity contribution in [1.29, 1.82) is 0 Å². The Morgan fingerprint density at radius 1 is 1.57 bits per heavy atom. The molecule has 0 saturated heterocycles. The Kier molecular flexibility index (Phi) is 2.42. The molecule has 0 spiro atoms. The highest BCUT2D eigenvalue weighted by molar-refractivity contribution is 9.10. The summed E-state index contributed by atoms with van der Waals surface area (Å²) in [5.74, 6) is -0.0261. The summed E-state index contributed by atoms with van der Waals surface area (Å²) in [6.07, 6.45) is 2.29. The maximum Gasteiger partial charge on any atom is 0.250 e. The number of halogens is 1. The van der Waals surface area contributed by atoms with Crippen LogP contribution in [0.5, 0.6) is 0 Å². The molecule has 1 heterocycles. The number of anilines is 1. The van der Waals surface area contributed by atoms with E-state index in [-0.39, 0.29) is 5.91 Å². The summed E-state index contributed by atoms with van der Waals surface area (Å²) >= 11 is 3.40. The van der Waals surface area contributed by atoms with E-state index < -0.39 is 0 Å². The molecule has 0 N–H and O–H groups in total. The van der Waals surface area contributed by atoms with Gasteiger partial charge in [0, 0.05) is 16.7 Å². The first-order valence-electron chi connectivity index (χ1n) is 4.45. The largest absolute Gasteiger partial charge is 0.308 e. The average molecular weight is 252 g/mol. The molecule has 0 aliphatic carbocycles. The van der Waals surface area contributed by atoms with Gasteiger partial charge in [-0.25, -0.2) is 0 Å². The van der Waals surface area contributed by atoms with E-state index in [1.165, 1.54) is 11.6 Å². The quantitative estimate of drug-likeness (QED) is 0.703. The third kappa shape index (κ3) is 1.48. The zero-order valence-electron chi connectivity index (χ0n) is 7.66. The predicted octanol–water partition coefficient (Wildman–Crippen LogP) is 2.52. The molecular weight excluding hydrogens is 242 g/mol. The van der Waals surface area contributed by atoms with E-state index in [0.29, 0.717) is 0 Å². The first-order valence-corrected chi connectivity index (χ1v) is 5.24. The Morgan fingerprint density at radius 3 is 3.07 bits per heavy atom. The molecule has 1 amide bonds. The Hall–Kier alpha value is -1.09. The number of carbonyl (C=O) groups is 1. The fourth-order valence-corrected chi connectivity index (χ4v) is 2.04. The Morgan fingerprint density at radius 2 is 2.36 bits per heavy atom. The lowest BCUT2D eigenvalue weighted by atomic mass is 10.2. The highest BCUT2D eigenvalue weighted by Crippen LogP contribution is 2.30. The summed E-state index contributed by atoms with van der Waals surface area (Å²) in [4.78, 5) is 13.2. The normalized spacial score (nSPS) is 13.9. The fourth-order valence-electron chi connectivity index (χ4n) is 1.69. The molecule has 0 radical (unpaired) electrons. The Labute approximate surface area is 91.3 Å². The van der Waals surface area contributed by atoms with Gasteiger partial charge in [-0.05, 0) is 30.2 Å². The highest BCUT2D eigenvalue weighted by Gasteiger charge is 2.22. The third-order valence-electron chi connectivity index (χ3n) is 2.38. The zero-order chi connectivity index (χ0) is 10.1. The van der Waals surface area contributed by atoms with Gasteiger partial charge in [0.15, 0.2) is 0 Å². The minimum Gasteiger partial charge on any atom is -0.308 e. The van der Waals surface area contributed by atoms with Crippen LogP contribution in [-0.4, -0.2) is 12.5 Å². The van der Waals surface area contributed by atoms with Crippen LogP contribution in [-0.2, 0) is 11.2 Å². The van der Waals surface area contributed by atoms with Crippen LogP contribution in [0.2, 0.25) is 0 Å². The number of fused-ring (bicyclic) bond motifs is 1. The number of hydrogen-bond donors (Lipinski definition) is 0. The second-order valence-electron chi connectivity index (χ2n) is 3.22. The lowest BCUT2D eigenvalue weighted by molar-refractivity contribution is -0.114. The molecule has 0 atom stereocenters. The lowest BCUT2D eigenvalue weighted by Gasteiger charge is -2.14. The summed E-state index contributed by atoms with van der Waals surface area (Å²) in [5.41, 5.74) is 2.23. The van der Waals surface area contributed by atoms with Gasteiger partial charge in [0.1, 0.15) is 0 Å². The van der Waals surface area contributed by atoms with Gasteiger partial charge < -0.3 is 4.90 Å². The van der Waals surface area contributed by atoms with Crippen molar-refractivity contribution in [1.82, 2.24) is 0 Å². The van der Waals surface area contributed by atoms with Crippen LogP contribution in [0.3, 0.4) is 0 Å². The van der Waals surface area contributed by atoms with E-state index >= 15 is 0 Å². The van der Waals surface area contributed by atoms with Crippen molar-refractivity contribution in [3.63, 3.8) is 0 Å². The van der Waals surface area contributed by atoms with Crippen LogP contribution in [0.1, 0.15) is 5.56 Å². The minimum atomic E-state index is -0.0261. The molecule has 2 nitrogen and oxygen atoms in total. The van der Waals surface area contributed by atoms with Crippen molar-refractivity contribution < 1.29 is 4.79 Å². The average Bonchev–Trinajstić information content (AvgIpc) is 2.59. The molecule has 0 fully saturated rings. The first-order chi connectivity index (χ1) is 6.72. The molecule has 2 rings (SSSR count). The van der Waals surface area contributed by atoms with Gasteiger partial charge in [0.25, 0.3) is 0 Å². The van der Waals surface area contributed by atoms with Crippen molar-refractivity contribution in [3.8, 4) is 0 Å². The first kappa shape index (κ1) is 9.46. The minimum absolute atomic E-state index is 0.0261. The van der Waals surface area contributed by atoms with Crippen molar-refractivity contribution in [2.75, 3.05) is 11.4 Å². The van der Waals surface area contributed by atoms with Crippen molar-refractivity contribution >= 4 is 27.5 Å². The number of carbonyl (C=O) groups excluding carboxylic acids is 1. The van der Waals surface area contributed by atoms with Crippen molar-refractivity contribution in [2.24, 2.45) is 0 Å². The molecule has 3 heteroatoms. The van der Waals surface area contributed by atoms with Gasteiger partial charge in [-0.2, -0.15) is 0 Å². The van der Waals surface area contributed by atoms with Gasteiger partial charge in [-0.3, -0.25) is 4.79 Å². The smallest absolute Gasteiger partial charge is 0.250 e. The van der Waals surface area contributed by atoms with Gasteiger partial charge in [-0.1, -0.05) is 28.6 Å². The van der Waals surface area contributed by atoms with Gasteiger partial charge >= 0.3 is 0 Å². The fraction of sp³-hybridized carbons (Fsp3) is 0.182. The summed E-state index contributed by atoms with van der Waals surface area (Å²) < 4.78 is 1.00. The molecule has 0 bridgehead atoms. The standard InChI is InChI=1S/C11H10BrNO/c1-2-11(14)13-6-5-8-3-4-9(12)7-10(8)13/h2-4,7H,1,5-6H2. The topological polar surface area (TPSA) is 20.3 Å². The van der Waals surface area contributed by atoms with Crippen LogP contribution in [0.25, 0.3) is 0 Å². The third-order valence-corrected chi connectivity index (χ3v) is 2.88. The van der Waals surface area contributed by atoms with E-state index in [1.807, 2.05) is 12.1 Å². The monoisotopic (exact) mass is 251 g/mol. The van der Waals surface area contributed by atoms with E-state index in [1.54, 1.807) is 4.90 Å². The molecule has 0 aromatic heterocycles. The molecule has 0 unspecified atom stereocenters. The number of benzene rings is 1. The van der Waals surface area contributed by atoms with E-state index in [9.17, 15) is 4.79 Å². The van der Waals surface area contributed by atoms with E-state index in [0.717, 1.165) is 23.1 Å². The second kappa shape index (κ2) is 3.58. The van der Waals surface area contributed by atoms with Crippen LogP contribution >= 0.6 is 15.9 Å². The number of amides is 1. The zero-order valence-corrected chi connectivity index (χ0v) is 9.25. The second-order valence-corrected chi connectivity index (χ2v) is 4.13. The summed E-state index contributed by atoms with van der Waals surface area (Å²) in [6.45, 7) is 4.26. The van der Waals surface area contributed by atoms with Gasteiger partial charge in [-0.15, -0.1) is 0 Å². The maximum absolute atomic E-state index is 11.5. The number of rotatable bonds is 1. The SMILES string of the molecule is C=CC(=O)N1CCc2ccc(Br)cc21. The molecule has 14 heavy (non-hydrogen) atoms. The molecule has 0 saturated carbocycles. The number of nitrogens with zero attached hydrogens (tertiary/aromatic N) is 1.